The number of amides is 1. The number of ketones is 1. The highest BCUT2D eigenvalue weighted by Gasteiger charge is 2.43. The Morgan fingerprint density at radius 1 is 1.10 bits per heavy atom. The van der Waals surface area contributed by atoms with Crippen molar-refractivity contribution in [2.24, 2.45) is 0 Å². The van der Waals surface area contributed by atoms with E-state index < -0.39 is 5.60 Å². The van der Waals surface area contributed by atoms with Crippen LogP contribution in [0.4, 0.5) is 0 Å². The summed E-state index contributed by atoms with van der Waals surface area (Å²) >= 11 is 0. The molecule has 2 aliphatic rings. The van der Waals surface area contributed by atoms with Crippen LogP contribution in [-0.4, -0.2) is 42.4 Å². The second kappa shape index (κ2) is 7.54. The van der Waals surface area contributed by atoms with Crippen LogP contribution in [0.2, 0.25) is 0 Å². The minimum atomic E-state index is -0.483. The zero-order valence-corrected chi connectivity index (χ0v) is 17.3. The van der Waals surface area contributed by atoms with Gasteiger partial charge < -0.3 is 14.4 Å². The van der Waals surface area contributed by atoms with Crippen LogP contribution in [0.15, 0.2) is 36.4 Å². The summed E-state index contributed by atoms with van der Waals surface area (Å²) in [5.41, 5.74) is 3.41. The molecule has 0 aromatic heterocycles. The summed E-state index contributed by atoms with van der Waals surface area (Å²) in [6.07, 6.45) is 2.13. The van der Waals surface area contributed by atoms with E-state index in [0.717, 1.165) is 22.4 Å². The largest absolute Gasteiger partial charge is 0.497 e. The van der Waals surface area contributed by atoms with Crippen LogP contribution in [0.1, 0.15) is 46.3 Å². The van der Waals surface area contributed by atoms with Gasteiger partial charge in [-0.2, -0.15) is 0 Å². The minimum Gasteiger partial charge on any atom is -0.497 e. The summed E-state index contributed by atoms with van der Waals surface area (Å²) < 4.78 is 11.5. The van der Waals surface area contributed by atoms with Gasteiger partial charge in [-0.15, -0.1) is 0 Å². The van der Waals surface area contributed by atoms with Crippen molar-refractivity contribution in [1.29, 1.82) is 0 Å². The van der Waals surface area contributed by atoms with Gasteiger partial charge in [0.2, 0.25) is 5.91 Å². The number of hydrogen-bond donors (Lipinski definition) is 0. The van der Waals surface area contributed by atoms with Crippen molar-refractivity contribution in [3.63, 3.8) is 0 Å². The van der Waals surface area contributed by atoms with E-state index in [1.807, 2.05) is 55.1 Å². The van der Waals surface area contributed by atoms with E-state index in [2.05, 4.69) is 0 Å². The van der Waals surface area contributed by atoms with Crippen LogP contribution in [0.5, 0.6) is 11.5 Å². The van der Waals surface area contributed by atoms with Gasteiger partial charge in [-0.25, -0.2) is 0 Å². The third-order valence-corrected chi connectivity index (χ3v) is 6.25. The van der Waals surface area contributed by atoms with Gasteiger partial charge >= 0.3 is 0 Å². The fourth-order valence-electron chi connectivity index (χ4n) is 4.22. The Hall–Kier alpha value is -2.82. The SMILES string of the molecule is COc1ccc(CC(=O)N2CCC3(CC2)CC(=O)c2cc(C)c(C)cc2O3)cc1. The van der Waals surface area contributed by atoms with E-state index in [-0.39, 0.29) is 11.7 Å². The fraction of sp³-hybridized carbons (Fsp3) is 0.417. The lowest BCUT2D eigenvalue weighted by Gasteiger charge is -2.44. The number of Topliss-reactive ketones (excluding diaryl/α,β-unsaturated/α-hetero) is 1. The number of hydrogen-bond acceptors (Lipinski definition) is 4. The predicted octanol–water partition coefficient (Wildman–Crippen LogP) is 3.88. The molecule has 1 amide bonds. The van der Waals surface area contributed by atoms with Crippen LogP contribution < -0.4 is 9.47 Å². The summed E-state index contributed by atoms with van der Waals surface area (Å²) in [5.74, 6) is 1.74. The molecule has 0 N–H and O–H groups in total. The molecular formula is C24H27NO4. The number of methoxy groups -OCH3 is 1. The normalized spacial score (nSPS) is 17.6. The number of piperidine rings is 1. The molecule has 0 aliphatic carbocycles. The summed E-state index contributed by atoms with van der Waals surface area (Å²) in [6.45, 7) is 5.27. The molecule has 1 fully saturated rings. The molecule has 0 unspecified atom stereocenters. The van der Waals surface area contributed by atoms with Gasteiger partial charge in [0.15, 0.2) is 5.78 Å². The third-order valence-electron chi connectivity index (χ3n) is 6.25. The number of ether oxygens (including phenoxy) is 2. The average molecular weight is 393 g/mol. The van der Waals surface area contributed by atoms with Crippen LogP contribution in [0.3, 0.4) is 0 Å². The second-order valence-corrected chi connectivity index (χ2v) is 8.22. The molecule has 0 radical (unpaired) electrons. The highest BCUT2D eigenvalue weighted by atomic mass is 16.5. The number of carbonyl (C=O) groups is 2. The summed E-state index contributed by atoms with van der Waals surface area (Å²) in [5, 5.41) is 0. The Morgan fingerprint density at radius 3 is 2.41 bits per heavy atom. The van der Waals surface area contributed by atoms with E-state index in [9.17, 15) is 9.59 Å². The lowest BCUT2D eigenvalue weighted by molar-refractivity contribution is -0.134. The first-order valence-corrected chi connectivity index (χ1v) is 10.1. The molecule has 1 saturated heterocycles. The number of rotatable bonds is 3. The first-order chi connectivity index (χ1) is 13.9. The molecule has 2 heterocycles. The predicted molar refractivity (Wildman–Crippen MR) is 111 cm³/mol. The Labute approximate surface area is 171 Å². The van der Waals surface area contributed by atoms with Gasteiger partial charge in [0.25, 0.3) is 0 Å². The Morgan fingerprint density at radius 2 is 1.76 bits per heavy atom. The summed E-state index contributed by atoms with van der Waals surface area (Å²) in [6, 6.07) is 11.5. The first-order valence-electron chi connectivity index (χ1n) is 10.1. The Kier molecular flexibility index (Phi) is 5.07. The number of nitrogens with zero attached hydrogens (tertiary/aromatic N) is 1. The van der Waals surface area contributed by atoms with E-state index in [4.69, 9.17) is 9.47 Å². The van der Waals surface area contributed by atoms with Crippen molar-refractivity contribution in [3.8, 4) is 11.5 Å². The van der Waals surface area contributed by atoms with Crippen molar-refractivity contribution >= 4 is 11.7 Å². The highest BCUT2D eigenvalue weighted by molar-refractivity contribution is 6.00. The van der Waals surface area contributed by atoms with Crippen LogP contribution in [0.25, 0.3) is 0 Å². The maximum absolute atomic E-state index is 12.8. The molecular weight excluding hydrogens is 366 g/mol. The lowest BCUT2D eigenvalue weighted by atomic mass is 9.82. The van der Waals surface area contributed by atoms with Crippen molar-refractivity contribution in [2.45, 2.75) is 45.1 Å². The first kappa shape index (κ1) is 19.5. The van der Waals surface area contributed by atoms with E-state index in [1.54, 1.807) is 7.11 Å². The molecule has 0 atom stereocenters. The average Bonchev–Trinajstić information content (AvgIpc) is 2.71. The van der Waals surface area contributed by atoms with Gasteiger partial charge in [0, 0.05) is 25.9 Å². The maximum atomic E-state index is 12.8. The van der Waals surface area contributed by atoms with Crippen molar-refractivity contribution < 1.29 is 19.1 Å². The number of likely N-dealkylation sites (tertiary alicyclic amines) is 1. The van der Waals surface area contributed by atoms with Gasteiger partial charge in [-0.1, -0.05) is 12.1 Å². The molecule has 2 aromatic rings. The highest BCUT2D eigenvalue weighted by Crippen LogP contribution is 2.40. The zero-order valence-electron chi connectivity index (χ0n) is 17.3. The van der Waals surface area contributed by atoms with E-state index in [0.29, 0.717) is 50.1 Å². The Bertz CT molecular complexity index is 940. The zero-order chi connectivity index (χ0) is 20.6. The van der Waals surface area contributed by atoms with Gasteiger partial charge in [0.1, 0.15) is 17.1 Å². The molecule has 152 valence electrons. The van der Waals surface area contributed by atoms with Crippen LogP contribution in [0, 0.1) is 13.8 Å². The van der Waals surface area contributed by atoms with Crippen LogP contribution >= 0.6 is 0 Å². The number of fused-ring (bicyclic) bond motifs is 1. The molecule has 5 nitrogen and oxygen atoms in total. The summed E-state index contributed by atoms with van der Waals surface area (Å²) in [4.78, 5) is 27.4. The smallest absolute Gasteiger partial charge is 0.226 e. The number of aryl methyl sites for hydroxylation is 2. The van der Waals surface area contributed by atoms with Gasteiger partial charge in [0.05, 0.1) is 25.5 Å². The molecule has 29 heavy (non-hydrogen) atoms. The number of benzene rings is 2. The van der Waals surface area contributed by atoms with Crippen LogP contribution in [-0.2, 0) is 11.2 Å². The van der Waals surface area contributed by atoms with E-state index in [1.165, 1.54) is 0 Å². The molecule has 4 rings (SSSR count). The minimum absolute atomic E-state index is 0.110. The molecule has 2 aliphatic heterocycles. The molecule has 2 aromatic carbocycles. The second-order valence-electron chi connectivity index (χ2n) is 8.22. The molecule has 0 bridgehead atoms. The summed E-state index contributed by atoms with van der Waals surface area (Å²) in [7, 11) is 1.63. The third kappa shape index (κ3) is 3.86. The Balaban J connectivity index is 1.41. The molecule has 5 heteroatoms. The maximum Gasteiger partial charge on any atom is 0.226 e. The van der Waals surface area contributed by atoms with Crippen molar-refractivity contribution in [2.75, 3.05) is 20.2 Å². The standard InChI is InChI=1S/C24H27NO4/c1-16-12-20-21(26)15-24(29-22(20)13-17(16)2)8-10-25(11-9-24)23(27)14-18-4-6-19(28-3)7-5-18/h4-7,12-13H,8-11,14-15H2,1-3H3. The van der Waals surface area contributed by atoms with E-state index >= 15 is 0 Å². The lowest BCUT2D eigenvalue weighted by Crippen LogP contribution is -2.52. The van der Waals surface area contributed by atoms with Crippen molar-refractivity contribution in [3.05, 3.63) is 58.7 Å². The van der Waals surface area contributed by atoms with Gasteiger partial charge in [-0.3, -0.25) is 9.59 Å². The quantitative estimate of drug-likeness (QED) is 0.794. The topological polar surface area (TPSA) is 55.8 Å². The molecule has 0 saturated carbocycles. The molecule has 1 spiro atoms. The van der Waals surface area contributed by atoms with Gasteiger partial charge in [-0.05, 0) is 54.8 Å². The van der Waals surface area contributed by atoms with Crippen molar-refractivity contribution in [1.82, 2.24) is 4.90 Å². The monoisotopic (exact) mass is 393 g/mol. The number of carbonyl (C=O) groups excluding carboxylic acids is 2. The fourth-order valence-corrected chi connectivity index (χ4v) is 4.22.